The van der Waals surface area contributed by atoms with E-state index in [4.69, 9.17) is 9.47 Å². The molecule has 0 aromatic heterocycles. The van der Waals surface area contributed by atoms with Crippen LogP contribution in [0.15, 0.2) is 18.2 Å². The van der Waals surface area contributed by atoms with Crippen LogP contribution in [0.3, 0.4) is 0 Å². The lowest BCUT2D eigenvalue weighted by atomic mass is 9.46. The van der Waals surface area contributed by atoms with Crippen molar-refractivity contribution in [2.24, 2.45) is 52.8 Å². The molecule has 0 spiro atoms. The smallest absolute Gasteiger partial charge is 0.338 e. The van der Waals surface area contributed by atoms with Gasteiger partial charge in [-0.1, -0.05) is 0 Å². The molecule has 0 unspecified atom stereocenters. The van der Waals surface area contributed by atoms with Crippen molar-refractivity contribution in [3.63, 3.8) is 0 Å². The van der Waals surface area contributed by atoms with E-state index < -0.39 is 5.41 Å². The Labute approximate surface area is 209 Å². The van der Waals surface area contributed by atoms with Crippen molar-refractivity contribution < 1.29 is 19.1 Å². The van der Waals surface area contributed by atoms with E-state index in [2.05, 4.69) is 13.8 Å². The van der Waals surface area contributed by atoms with Gasteiger partial charge in [0, 0.05) is 0 Å². The minimum Gasteiger partial charge on any atom is -0.455 e. The third-order valence-corrected chi connectivity index (χ3v) is 11.8. The van der Waals surface area contributed by atoms with Crippen molar-refractivity contribution in [2.75, 3.05) is 0 Å². The predicted molar refractivity (Wildman–Crippen MR) is 133 cm³/mol. The number of rotatable bonds is 4. The van der Waals surface area contributed by atoms with Crippen molar-refractivity contribution >= 4 is 11.9 Å². The highest BCUT2D eigenvalue weighted by atomic mass is 16.6. The molecule has 4 heteroatoms. The van der Waals surface area contributed by atoms with Crippen LogP contribution >= 0.6 is 0 Å². The molecule has 1 aromatic rings. The van der Waals surface area contributed by atoms with Gasteiger partial charge in [-0.3, -0.25) is 4.79 Å². The van der Waals surface area contributed by atoms with Gasteiger partial charge in [0.05, 0.1) is 11.0 Å². The van der Waals surface area contributed by atoms with E-state index in [9.17, 15) is 9.59 Å². The topological polar surface area (TPSA) is 52.6 Å². The van der Waals surface area contributed by atoms with Crippen LogP contribution in [0.25, 0.3) is 0 Å². The Hall–Kier alpha value is -1.84. The third-order valence-electron chi connectivity index (χ3n) is 11.8. The fourth-order valence-electron chi connectivity index (χ4n) is 10.2. The van der Waals surface area contributed by atoms with E-state index in [0.29, 0.717) is 35.0 Å². The number of carbonyl (C=O) groups excluding carboxylic acids is 2. The minimum atomic E-state index is -0.397. The molecule has 8 fully saturated rings. The van der Waals surface area contributed by atoms with Crippen LogP contribution < -0.4 is 4.74 Å². The van der Waals surface area contributed by atoms with E-state index in [1.807, 2.05) is 19.1 Å². The summed E-state index contributed by atoms with van der Waals surface area (Å²) < 4.78 is 12.4. The molecule has 35 heavy (non-hydrogen) atoms. The number of aryl methyl sites for hydroxylation is 1. The molecule has 188 valence electrons. The Morgan fingerprint density at radius 2 is 1.20 bits per heavy atom. The second-order valence-electron chi connectivity index (χ2n) is 13.9. The molecule has 0 N–H and O–H groups in total. The van der Waals surface area contributed by atoms with Gasteiger partial charge >= 0.3 is 11.9 Å². The Morgan fingerprint density at radius 3 is 1.71 bits per heavy atom. The number of ether oxygens (including phenoxy) is 2. The molecular formula is C31H40O4. The zero-order chi connectivity index (χ0) is 24.1. The maximum absolute atomic E-state index is 13.6. The van der Waals surface area contributed by atoms with Gasteiger partial charge in [0.15, 0.2) is 0 Å². The monoisotopic (exact) mass is 476 g/mol. The first-order valence-electron chi connectivity index (χ1n) is 14.3. The van der Waals surface area contributed by atoms with Crippen LogP contribution in [-0.4, -0.2) is 17.5 Å². The van der Waals surface area contributed by atoms with Crippen LogP contribution in [-0.2, 0) is 9.53 Å². The number of hydrogen-bond donors (Lipinski definition) is 0. The summed E-state index contributed by atoms with van der Waals surface area (Å²) in [7, 11) is 0. The van der Waals surface area contributed by atoms with E-state index in [0.717, 1.165) is 29.2 Å². The average Bonchev–Trinajstić information content (AvgIpc) is 2.79. The molecule has 8 bridgehead atoms. The number of carbonyl (C=O) groups is 2. The summed E-state index contributed by atoms with van der Waals surface area (Å²) >= 11 is 0. The number of benzene rings is 1. The summed E-state index contributed by atoms with van der Waals surface area (Å²) in [5.41, 5.74) is 0.677. The van der Waals surface area contributed by atoms with Crippen LogP contribution in [0, 0.1) is 59.7 Å². The Kier molecular flexibility index (Phi) is 4.85. The first-order chi connectivity index (χ1) is 16.7. The molecule has 0 saturated heterocycles. The molecule has 9 rings (SSSR count). The highest BCUT2D eigenvalue weighted by Gasteiger charge is 2.59. The second-order valence-corrected chi connectivity index (χ2v) is 13.9. The fraction of sp³-hybridized carbons (Fsp3) is 0.742. The van der Waals surface area contributed by atoms with Gasteiger partial charge in [0.25, 0.3) is 0 Å². The predicted octanol–water partition coefficient (Wildman–Crippen LogP) is 6.73. The molecule has 4 nitrogen and oxygen atoms in total. The Bertz CT molecular complexity index is 1010. The zero-order valence-corrected chi connectivity index (χ0v) is 21.6. The van der Waals surface area contributed by atoms with Gasteiger partial charge in [0.1, 0.15) is 11.4 Å². The molecule has 8 aliphatic carbocycles. The molecule has 1 aromatic carbocycles. The molecule has 0 radical (unpaired) electrons. The SMILES string of the molecule is Cc1cc(OC(=O)C2(C)C3CC4CC(C3)CC2C4)cc(C(=O)OC2(C)C3CC4CC(C3)CC2C4)c1. The molecule has 0 atom stereocenters. The molecule has 8 aliphatic rings. The van der Waals surface area contributed by atoms with Crippen molar-refractivity contribution in [3.05, 3.63) is 29.3 Å². The first kappa shape index (κ1) is 22.4. The maximum atomic E-state index is 13.6. The van der Waals surface area contributed by atoms with Gasteiger partial charge < -0.3 is 9.47 Å². The Balaban J connectivity index is 1.10. The molecular weight excluding hydrogens is 436 g/mol. The van der Waals surface area contributed by atoms with Crippen LogP contribution in [0.5, 0.6) is 5.75 Å². The van der Waals surface area contributed by atoms with E-state index >= 15 is 0 Å². The fourth-order valence-corrected chi connectivity index (χ4v) is 10.2. The minimum absolute atomic E-state index is 0.0933. The number of esters is 2. The summed E-state index contributed by atoms with van der Waals surface area (Å²) in [5, 5.41) is 0. The van der Waals surface area contributed by atoms with Crippen molar-refractivity contribution in [1.29, 1.82) is 0 Å². The zero-order valence-electron chi connectivity index (χ0n) is 21.6. The quantitative estimate of drug-likeness (QED) is 0.357. The lowest BCUT2D eigenvalue weighted by Gasteiger charge is -2.59. The lowest BCUT2D eigenvalue weighted by molar-refractivity contribution is -0.171. The summed E-state index contributed by atoms with van der Waals surface area (Å²) in [6.45, 7) is 6.30. The van der Waals surface area contributed by atoms with Gasteiger partial charge in [-0.15, -0.1) is 0 Å². The normalized spacial score (nSPS) is 46.6. The number of hydrogen-bond acceptors (Lipinski definition) is 4. The summed E-state index contributed by atoms with van der Waals surface area (Å²) in [6.07, 6.45) is 12.3. The summed E-state index contributed by atoms with van der Waals surface area (Å²) in [4.78, 5) is 27.0. The maximum Gasteiger partial charge on any atom is 0.338 e. The van der Waals surface area contributed by atoms with Gasteiger partial charge in [-0.05, 0) is 156 Å². The molecule has 0 aliphatic heterocycles. The van der Waals surface area contributed by atoms with E-state index in [1.54, 1.807) is 6.07 Å². The Morgan fingerprint density at radius 1 is 0.714 bits per heavy atom. The third kappa shape index (κ3) is 3.37. The summed E-state index contributed by atoms with van der Waals surface area (Å²) in [6, 6.07) is 5.51. The van der Waals surface area contributed by atoms with Crippen molar-refractivity contribution in [1.82, 2.24) is 0 Å². The molecule has 0 amide bonds. The van der Waals surface area contributed by atoms with E-state index in [1.165, 1.54) is 64.2 Å². The first-order valence-corrected chi connectivity index (χ1v) is 14.3. The second kappa shape index (κ2) is 7.59. The van der Waals surface area contributed by atoms with Crippen LogP contribution in [0.4, 0.5) is 0 Å². The highest BCUT2D eigenvalue weighted by molar-refractivity contribution is 5.91. The molecule has 8 saturated carbocycles. The standard InChI is InChI=1S/C31H40O4/c1-17-4-22(28(32)35-31(3)25-12-20-7-21(14-25)15-26(31)13-20)16-27(5-17)34-29(33)30(2)23-8-18-6-19(10-23)11-24(30)9-18/h4-5,16,18-21,23-26H,6-15H2,1-3H3. The lowest BCUT2D eigenvalue weighted by Crippen LogP contribution is -2.58. The van der Waals surface area contributed by atoms with Crippen molar-refractivity contribution in [2.45, 2.75) is 90.6 Å². The average molecular weight is 477 g/mol. The largest absolute Gasteiger partial charge is 0.455 e. The van der Waals surface area contributed by atoms with Crippen LogP contribution in [0.1, 0.15) is 94.0 Å². The molecule has 0 heterocycles. The van der Waals surface area contributed by atoms with Gasteiger partial charge in [0.2, 0.25) is 0 Å². The highest BCUT2D eigenvalue weighted by Crippen LogP contribution is 2.63. The van der Waals surface area contributed by atoms with E-state index in [-0.39, 0.29) is 17.5 Å². The van der Waals surface area contributed by atoms with Gasteiger partial charge in [-0.2, -0.15) is 0 Å². The summed E-state index contributed by atoms with van der Waals surface area (Å²) in [5.74, 6) is 5.29. The van der Waals surface area contributed by atoms with Gasteiger partial charge in [-0.25, -0.2) is 4.79 Å². The van der Waals surface area contributed by atoms with Crippen molar-refractivity contribution in [3.8, 4) is 5.75 Å². The van der Waals surface area contributed by atoms with Crippen LogP contribution in [0.2, 0.25) is 0 Å².